The van der Waals surface area contributed by atoms with Gasteiger partial charge in [-0.15, -0.1) is 0 Å². The van der Waals surface area contributed by atoms with Gasteiger partial charge in [0.05, 0.1) is 10.6 Å². The predicted octanol–water partition coefficient (Wildman–Crippen LogP) is 3.24. The molecule has 5 nitrogen and oxygen atoms in total. The molecule has 0 N–H and O–H groups in total. The molecule has 118 valence electrons. The molecule has 2 rings (SSSR count). The Labute approximate surface area is 129 Å². The molecule has 0 saturated carbocycles. The summed E-state index contributed by atoms with van der Waals surface area (Å²) in [6.07, 6.45) is 2.38. The summed E-state index contributed by atoms with van der Waals surface area (Å²) >= 11 is 0. The number of benzene rings is 1. The summed E-state index contributed by atoms with van der Waals surface area (Å²) in [5, 5.41) is 0. The molecule has 0 bridgehead atoms. The van der Waals surface area contributed by atoms with Gasteiger partial charge >= 0.3 is 0 Å². The minimum absolute atomic E-state index is 0.0797. The number of hydrogen-bond donors (Lipinski definition) is 0. The Morgan fingerprint density at radius 1 is 1.23 bits per heavy atom. The fourth-order valence-corrected chi connectivity index (χ4v) is 2.66. The normalized spacial score (nSPS) is 11.7. The van der Waals surface area contributed by atoms with Gasteiger partial charge < -0.3 is 4.74 Å². The van der Waals surface area contributed by atoms with E-state index in [1.807, 2.05) is 13.8 Å². The van der Waals surface area contributed by atoms with E-state index in [1.165, 1.54) is 18.5 Å². The Kier molecular flexibility index (Phi) is 4.46. The quantitative estimate of drug-likeness (QED) is 0.863. The van der Waals surface area contributed by atoms with Gasteiger partial charge in [0.2, 0.25) is 5.88 Å². The lowest BCUT2D eigenvalue weighted by molar-refractivity contribution is 0.420. The highest BCUT2D eigenvalue weighted by molar-refractivity contribution is 7.90. The second kappa shape index (κ2) is 6.00. The van der Waals surface area contributed by atoms with E-state index in [9.17, 15) is 12.8 Å². The van der Waals surface area contributed by atoms with Crippen LogP contribution in [0.4, 0.5) is 4.39 Å². The fraction of sp³-hybridized carbons (Fsp3) is 0.333. The van der Waals surface area contributed by atoms with Crippen LogP contribution in [0.3, 0.4) is 0 Å². The molecule has 7 heteroatoms. The lowest BCUT2D eigenvalue weighted by Gasteiger charge is -2.13. The van der Waals surface area contributed by atoms with Gasteiger partial charge in [-0.1, -0.05) is 13.8 Å². The maximum atomic E-state index is 14.0. The molecular formula is C15H17FN2O3S. The molecular weight excluding hydrogens is 307 g/mol. The number of rotatable bonds is 4. The standard InChI is InChI=1S/C15H17FN2O3S/c1-9(2)14-10(3)15(18-8-17-14)21-13-6-5-11(7-12(13)16)22(4,19)20/h5-9H,1-4H3. The molecule has 0 aliphatic rings. The van der Waals surface area contributed by atoms with Crippen LogP contribution in [0.25, 0.3) is 0 Å². The van der Waals surface area contributed by atoms with E-state index in [1.54, 1.807) is 6.92 Å². The molecule has 1 heterocycles. The Morgan fingerprint density at radius 2 is 1.91 bits per heavy atom. The second-order valence-corrected chi connectivity index (χ2v) is 7.33. The highest BCUT2D eigenvalue weighted by Gasteiger charge is 2.16. The molecule has 0 radical (unpaired) electrons. The van der Waals surface area contributed by atoms with Crippen LogP contribution in [0, 0.1) is 12.7 Å². The summed E-state index contributed by atoms with van der Waals surface area (Å²) in [5.41, 5.74) is 1.54. The highest BCUT2D eigenvalue weighted by Crippen LogP contribution is 2.29. The van der Waals surface area contributed by atoms with Gasteiger partial charge in [-0.05, 0) is 31.0 Å². The first-order valence-corrected chi connectivity index (χ1v) is 8.58. The van der Waals surface area contributed by atoms with Crippen LogP contribution in [-0.4, -0.2) is 24.6 Å². The summed E-state index contributed by atoms with van der Waals surface area (Å²) in [7, 11) is -3.46. The van der Waals surface area contributed by atoms with E-state index in [-0.39, 0.29) is 22.4 Å². The van der Waals surface area contributed by atoms with Crippen molar-refractivity contribution >= 4 is 9.84 Å². The number of aromatic nitrogens is 2. The van der Waals surface area contributed by atoms with Gasteiger partial charge in [0.15, 0.2) is 21.4 Å². The Balaban J connectivity index is 2.38. The molecule has 0 fully saturated rings. The third-order valence-corrected chi connectivity index (χ3v) is 4.27. The first kappa shape index (κ1) is 16.4. The molecule has 0 atom stereocenters. The van der Waals surface area contributed by atoms with Crippen molar-refractivity contribution in [1.29, 1.82) is 0 Å². The Bertz CT molecular complexity index is 804. The summed E-state index contributed by atoms with van der Waals surface area (Å²) in [5.74, 6) is -0.400. The molecule has 0 saturated heterocycles. The van der Waals surface area contributed by atoms with Crippen molar-refractivity contribution in [2.45, 2.75) is 31.6 Å². The number of sulfone groups is 1. The predicted molar refractivity (Wildman–Crippen MR) is 80.4 cm³/mol. The first-order valence-electron chi connectivity index (χ1n) is 6.69. The molecule has 0 amide bonds. The Hall–Kier alpha value is -2.02. The fourth-order valence-electron chi connectivity index (χ4n) is 2.03. The van der Waals surface area contributed by atoms with Crippen LogP contribution >= 0.6 is 0 Å². The summed E-state index contributed by atoms with van der Waals surface area (Å²) < 4.78 is 42.3. The largest absolute Gasteiger partial charge is 0.436 e. The first-order chi connectivity index (χ1) is 10.2. The minimum Gasteiger partial charge on any atom is -0.436 e. The van der Waals surface area contributed by atoms with E-state index in [0.717, 1.165) is 23.6 Å². The van der Waals surface area contributed by atoms with Gasteiger partial charge in [0, 0.05) is 11.8 Å². The van der Waals surface area contributed by atoms with Crippen molar-refractivity contribution < 1.29 is 17.5 Å². The van der Waals surface area contributed by atoms with Crippen LogP contribution in [0.2, 0.25) is 0 Å². The van der Waals surface area contributed by atoms with E-state index in [4.69, 9.17) is 4.74 Å². The summed E-state index contributed by atoms with van der Waals surface area (Å²) in [4.78, 5) is 8.10. The molecule has 1 aromatic heterocycles. The Morgan fingerprint density at radius 3 is 2.45 bits per heavy atom. The molecule has 1 aromatic carbocycles. The lowest BCUT2D eigenvalue weighted by atomic mass is 10.1. The van der Waals surface area contributed by atoms with Crippen LogP contribution in [0.5, 0.6) is 11.6 Å². The zero-order valence-electron chi connectivity index (χ0n) is 12.8. The van der Waals surface area contributed by atoms with Crippen LogP contribution < -0.4 is 4.74 Å². The summed E-state index contributed by atoms with van der Waals surface area (Å²) in [6.45, 7) is 5.77. The maximum Gasteiger partial charge on any atom is 0.225 e. The van der Waals surface area contributed by atoms with Gasteiger partial charge in [-0.2, -0.15) is 0 Å². The average molecular weight is 324 g/mol. The molecule has 0 aliphatic carbocycles. The van der Waals surface area contributed by atoms with Gasteiger partial charge in [0.25, 0.3) is 0 Å². The van der Waals surface area contributed by atoms with Crippen molar-refractivity contribution in [2.24, 2.45) is 0 Å². The molecule has 0 spiro atoms. The molecule has 0 aliphatic heterocycles. The lowest BCUT2D eigenvalue weighted by Crippen LogP contribution is -2.03. The van der Waals surface area contributed by atoms with Crippen molar-refractivity contribution in [3.8, 4) is 11.6 Å². The number of nitrogens with zero attached hydrogens (tertiary/aromatic N) is 2. The monoisotopic (exact) mass is 324 g/mol. The van der Waals surface area contributed by atoms with Crippen LogP contribution in [-0.2, 0) is 9.84 Å². The smallest absolute Gasteiger partial charge is 0.225 e. The SMILES string of the molecule is Cc1c(Oc2ccc(S(C)(=O)=O)cc2F)ncnc1C(C)C. The molecule has 22 heavy (non-hydrogen) atoms. The zero-order chi connectivity index (χ0) is 16.5. The van der Waals surface area contributed by atoms with E-state index < -0.39 is 15.7 Å². The van der Waals surface area contributed by atoms with Crippen LogP contribution in [0.1, 0.15) is 31.0 Å². The highest BCUT2D eigenvalue weighted by atomic mass is 32.2. The topological polar surface area (TPSA) is 69.2 Å². The summed E-state index contributed by atoms with van der Waals surface area (Å²) in [6, 6.07) is 3.51. The average Bonchev–Trinajstić information content (AvgIpc) is 2.41. The zero-order valence-corrected chi connectivity index (χ0v) is 13.6. The maximum absolute atomic E-state index is 14.0. The third-order valence-electron chi connectivity index (χ3n) is 3.16. The van der Waals surface area contributed by atoms with Crippen molar-refractivity contribution in [1.82, 2.24) is 9.97 Å². The van der Waals surface area contributed by atoms with E-state index in [2.05, 4.69) is 9.97 Å². The number of halogens is 1. The van der Waals surface area contributed by atoms with E-state index in [0.29, 0.717) is 0 Å². The second-order valence-electron chi connectivity index (χ2n) is 5.31. The van der Waals surface area contributed by atoms with E-state index >= 15 is 0 Å². The minimum atomic E-state index is -3.46. The molecule has 2 aromatic rings. The van der Waals surface area contributed by atoms with Crippen molar-refractivity contribution in [2.75, 3.05) is 6.26 Å². The van der Waals surface area contributed by atoms with Gasteiger partial charge in [0.1, 0.15) is 6.33 Å². The van der Waals surface area contributed by atoms with Crippen molar-refractivity contribution in [3.05, 3.63) is 41.6 Å². The van der Waals surface area contributed by atoms with Crippen LogP contribution in [0.15, 0.2) is 29.4 Å². The third kappa shape index (κ3) is 3.41. The van der Waals surface area contributed by atoms with Gasteiger partial charge in [-0.25, -0.2) is 22.8 Å². The van der Waals surface area contributed by atoms with Gasteiger partial charge in [-0.3, -0.25) is 0 Å². The molecule has 0 unspecified atom stereocenters. The van der Waals surface area contributed by atoms with Crippen molar-refractivity contribution in [3.63, 3.8) is 0 Å². The number of ether oxygens (including phenoxy) is 1. The number of hydrogen-bond acceptors (Lipinski definition) is 5.